The second kappa shape index (κ2) is 3.73. The molecular formula is C18H18O6. The average Bonchev–Trinajstić information content (AvgIpc) is 2.97. The Bertz CT molecular complexity index is 808. The summed E-state index contributed by atoms with van der Waals surface area (Å²) in [7, 11) is 0. The normalized spacial score (nSPS) is 54.2. The molecule has 6 heteroatoms. The van der Waals surface area contributed by atoms with Gasteiger partial charge < -0.3 is 14.6 Å². The van der Waals surface area contributed by atoms with Crippen LogP contribution in [0.5, 0.6) is 0 Å². The van der Waals surface area contributed by atoms with Crippen molar-refractivity contribution in [2.75, 3.05) is 6.61 Å². The predicted octanol–water partition coefficient (Wildman–Crippen LogP) is 0.338. The topological polar surface area (TPSA) is 89.9 Å². The zero-order valence-electron chi connectivity index (χ0n) is 13.7. The summed E-state index contributed by atoms with van der Waals surface area (Å²) in [6, 6.07) is 0. The van der Waals surface area contributed by atoms with E-state index in [-0.39, 0.29) is 18.2 Å². The highest BCUT2D eigenvalue weighted by Gasteiger charge is 2.82. The predicted molar refractivity (Wildman–Crippen MR) is 79.6 cm³/mol. The number of hydrogen-bond acceptors (Lipinski definition) is 6. The Balaban J connectivity index is 1.84. The Kier molecular flexibility index (Phi) is 2.26. The van der Waals surface area contributed by atoms with E-state index in [1.165, 1.54) is 12.2 Å². The molecule has 1 spiro atoms. The third-order valence-corrected chi connectivity index (χ3v) is 7.16. The van der Waals surface area contributed by atoms with Crippen molar-refractivity contribution >= 4 is 17.5 Å². The lowest BCUT2D eigenvalue weighted by molar-refractivity contribution is -0.165. The molecule has 3 aliphatic carbocycles. The molecule has 0 unspecified atom stereocenters. The highest BCUT2D eigenvalue weighted by atomic mass is 16.6. The lowest BCUT2D eigenvalue weighted by Gasteiger charge is -2.53. The van der Waals surface area contributed by atoms with E-state index in [1.54, 1.807) is 20.8 Å². The van der Waals surface area contributed by atoms with Crippen LogP contribution in [0.1, 0.15) is 20.8 Å². The van der Waals surface area contributed by atoms with Crippen molar-refractivity contribution in [3.8, 4) is 0 Å². The number of carbonyl (C=O) groups is 3. The van der Waals surface area contributed by atoms with E-state index in [0.29, 0.717) is 5.57 Å². The number of rotatable bonds is 0. The number of ketones is 2. The van der Waals surface area contributed by atoms with Gasteiger partial charge in [0.25, 0.3) is 0 Å². The van der Waals surface area contributed by atoms with Gasteiger partial charge in [-0.1, -0.05) is 0 Å². The summed E-state index contributed by atoms with van der Waals surface area (Å²) < 4.78 is 11.3. The maximum absolute atomic E-state index is 13.2. The zero-order valence-corrected chi connectivity index (χ0v) is 13.7. The molecule has 24 heavy (non-hydrogen) atoms. The summed E-state index contributed by atoms with van der Waals surface area (Å²) in [4.78, 5) is 38.5. The molecule has 1 N–H and O–H groups in total. The largest absolute Gasteiger partial charge is 0.456 e. The molecule has 7 atom stereocenters. The molecule has 3 fully saturated rings. The van der Waals surface area contributed by atoms with Crippen LogP contribution < -0.4 is 0 Å². The van der Waals surface area contributed by atoms with Crippen molar-refractivity contribution in [3.05, 3.63) is 23.3 Å². The van der Waals surface area contributed by atoms with Gasteiger partial charge >= 0.3 is 5.97 Å². The first-order chi connectivity index (χ1) is 11.2. The van der Waals surface area contributed by atoms with Crippen LogP contribution in [0.2, 0.25) is 0 Å². The first kappa shape index (κ1) is 14.5. The number of carbonyl (C=O) groups excluding carboxylic acids is 3. The number of fused-ring (bicyclic) bond motifs is 2. The third kappa shape index (κ3) is 1.13. The minimum Gasteiger partial charge on any atom is -0.456 e. The maximum atomic E-state index is 13.2. The van der Waals surface area contributed by atoms with Crippen molar-refractivity contribution in [3.63, 3.8) is 0 Å². The summed E-state index contributed by atoms with van der Waals surface area (Å²) in [6.45, 7) is 5.31. The van der Waals surface area contributed by atoms with Gasteiger partial charge in [-0.05, 0) is 44.1 Å². The number of hydrogen-bond donors (Lipinski definition) is 1. The molecule has 2 saturated heterocycles. The number of esters is 1. The van der Waals surface area contributed by atoms with Crippen LogP contribution in [-0.2, 0) is 23.9 Å². The Morgan fingerprint density at radius 3 is 2.58 bits per heavy atom. The van der Waals surface area contributed by atoms with E-state index in [2.05, 4.69) is 0 Å². The Morgan fingerprint density at radius 1 is 1.17 bits per heavy atom. The fraction of sp³-hybridized carbons (Fsp3) is 0.611. The highest BCUT2D eigenvalue weighted by molar-refractivity contribution is 6.11. The van der Waals surface area contributed by atoms with Crippen molar-refractivity contribution in [2.24, 2.45) is 22.7 Å². The van der Waals surface area contributed by atoms with Gasteiger partial charge in [0.15, 0.2) is 17.7 Å². The fourth-order valence-corrected chi connectivity index (χ4v) is 6.15. The van der Waals surface area contributed by atoms with Crippen LogP contribution in [0.4, 0.5) is 0 Å². The summed E-state index contributed by atoms with van der Waals surface area (Å²) in [6.07, 6.45) is 1.04. The van der Waals surface area contributed by atoms with Crippen molar-refractivity contribution < 1.29 is 29.0 Å². The van der Waals surface area contributed by atoms with Crippen LogP contribution in [0.3, 0.4) is 0 Å². The lowest BCUT2D eigenvalue weighted by atomic mass is 9.45. The summed E-state index contributed by atoms with van der Waals surface area (Å²) in [5, 5.41) is 11.1. The molecule has 1 saturated carbocycles. The number of ether oxygens (including phenoxy) is 2. The van der Waals surface area contributed by atoms with Gasteiger partial charge in [0.2, 0.25) is 0 Å². The fourth-order valence-electron chi connectivity index (χ4n) is 6.15. The minimum atomic E-state index is -1.23. The molecule has 0 aromatic carbocycles. The lowest BCUT2D eigenvalue weighted by Crippen LogP contribution is -2.67. The quantitative estimate of drug-likeness (QED) is 0.644. The smallest absolute Gasteiger partial charge is 0.313 e. The van der Waals surface area contributed by atoms with Crippen molar-refractivity contribution in [1.82, 2.24) is 0 Å². The standard InChI is InChI=1S/C18H18O6/c1-7-4-9(19)16(2)8(7)5-10(20)18-6-23-17(3)13(18)15(22)24-14(17)11(21)12(16)18/h4-5,11-14,21H,6H2,1-3H3/t11-,12+,13+,14+,16-,17+,18-/m1/s1. The van der Waals surface area contributed by atoms with Crippen LogP contribution in [-0.4, -0.2) is 47.1 Å². The van der Waals surface area contributed by atoms with Gasteiger partial charge in [0.05, 0.1) is 23.5 Å². The van der Waals surface area contributed by atoms with Crippen molar-refractivity contribution in [1.29, 1.82) is 0 Å². The van der Waals surface area contributed by atoms with Gasteiger partial charge in [-0.15, -0.1) is 0 Å². The molecule has 0 aromatic heterocycles. The Hall–Kier alpha value is -1.79. The number of aliphatic hydroxyl groups is 1. The maximum Gasteiger partial charge on any atom is 0.313 e. The average molecular weight is 330 g/mol. The van der Waals surface area contributed by atoms with Gasteiger partial charge in [-0.3, -0.25) is 14.4 Å². The molecule has 0 radical (unpaired) electrons. The minimum absolute atomic E-state index is 0.0338. The van der Waals surface area contributed by atoms with Crippen LogP contribution >= 0.6 is 0 Å². The van der Waals surface area contributed by atoms with Crippen molar-refractivity contribution in [2.45, 2.75) is 38.6 Å². The monoisotopic (exact) mass is 330 g/mol. The summed E-state index contributed by atoms with van der Waals surface area (Å²) >= 11 is 0. The molecule has 6 nitrogen and oxygen atoms in total. The van der Waals surface area contributed by atoms with Gasteiger partial charge in [0.1, 0.15) is 11.5 Å². The first-order valence-electron chi connectivity index (χ1n) is 8.21. The molecule has 126 valence electrons. The number of aliphatic hydroxyl groups excluding tert-OH is 1. The molecule has 5 aliphatic rings. The van der Waals surface area contributed by atoms with E-state index < -0.39 is 46.4 Å². The molecule has 5 rings (SSSR count). The molecule has 2 heterocycles. The number of allylic oxidation sites excluding steroid dienone is 4. The molecule has 4 bridgehead atoms. The Morgan fingerprint density at radius 2 is 1.88 bits per heavy atom. The first-order valence-corrected chi connectivity index (χ1v) is 8.21. The van der Waals surface area contributed by atoms with Crippen LogP contribution in [0.15, 0.2) is 23.3 Å². The third-order valence-electron chi connectivity index (χ3n) is 7.16. The van der Waals surface area contributed by atoms with E-state index in [9.17, 15) is 19.5 Å². The van der Waals surface area contributed by atoms with Crippen LogP contribution in [0, 0.1) is 22.7 Å². The highest BCUT2D eigenvalue weighted by Crippen LogP contribution is 2.69. The van der Waals surface area contributed by atoms with E-state index in [0.717, 1.165) is 5.57 Å². The van der Waals surface area contributed by atoms with E-state index >= 15 is 0 Å². The summed E-state index contributed by atoms with van der Waals surface area (Å²) in [5.74, 6) is -2.39. The second-order valence-corrected chi connectivity index (χ2v) is 8.09. The van der Waals surface area contributed by atoms with Gasteiger partial charge in [-0.25, -0.2) is 0 Å². The van der Waals surface area contributed by atoms with Gasteiger partial charge in [0, 0.05) is 5.92 Å². The molecule has 2 aliphatic heterocycles. The SMILES string of the molecule is CC1=CC(=O)[C@@]2(C)C1=CC(=O)[C@@]13CO[C@]4(C)[C@@H](OC(=O)[C@@H]41)[C@H](O)[C@@H]23. The van der Waals surface area contributed by atoms with Crippen LogP contribution in [0.25, 0.3) is 0 Å². The Labute approximate surface area is 138 Å². The summed E-state index contributed by atoms with van der Waals surface area (Å²) in [5.41, 5.74) is -1.89. The van der Waals surface area contributed by atoms with E-state index in [1.807, 2.05) is 0 Å². The molecular weight excluding hydrogens is 312 g/mol. The molecule has 0 aromatic rings. The van der Waals surface area contributed by atoms with E-state index in [4.69, 9.17) is 9.47 Å². The second-order valence-electron chi connectivity index (χ2n) is 8.09. The zero-order chi connectivity index (χ0) is 17.2. The molecule has 0 amide bonds. The van der Waals surface area contributed by atoms with Gasteiger partial charge in [-0.2, -0.15) is 0 Å².